The monoisotopic (exact) mass is 277 g/mol. The molecule has 0 spiro atoms. The minimum Gasteiger partial charge on any atom is -0.287 e. The number of aryl methyl sites for hydroxylation is 2. The van der Waals surface area contributed by atoms with Crippen LogP contribution in [0.1, 0.15) is 48.2 Å². The fourth-order valence-electron chi connectivity index (χ4n) is 2.61. The van der Waals surface area contributed by atoms with E-state index >= 15 is 0 Å². The van der Waals surface area contributed by atoms with Crippen LogP contribution in [0.2, 0.25) is 0 Å². The topological polar surface area (TPSA) is 57.7 Å². The maximum absolute atomic E-state index is 4.65. The van der Waals surface area contributed by atoms with Gasteiger partial charge in [0.15, 0.2) is 5.82 Å². The molecule has 0 radical (unpaired) electrons. The Morgan fingerprint density at radius 2 is 2.37 bits per heavy atom. The van der Waals surface area contributed by atoms with E-state index in [2.05, 4.69) is 37.4 Å². The van der Waals surface area contributed by atoms with Gasteiger partial charge < -0.3 is 0 Å². The summed E-state index contributed by atoms with van der Waals surface area (Å²) in [5.74, 6) is 1.82. The van der Waals surface area contributed by atoms with Crippen molar-refractivity contribution in [1.82, 2.24) is 25.1 Å². The molecule has 3 heterocycles. The standard InChI is InChI=1S/C13H19N5S/c1-3-12-15-10(8-19-12)7-18-6-4-5-11(18)13-14-9(2)16-17-13/h8,11H,3-7H2,1-2H3,(H,14,16,17)/t11-/m1/s1. The average Bonchev–Trinajstić information content (AvgIpc) is 3.10. The van der Waals surface area contributed by atoms with E-state index in [4.69, 9.17) is 0 Å². The van der Waals surface area contributed by atoms with Crippen LogP contribution in [0.4, 0.5) is 0 Å². The number of H-pyrrole nitrogens is 1. The predicted molar refractivity (Wildman–Crippen MR) is 75.0 cm³/mol. The first kappa shape index (κ1) is 12.7. The van der Waals surface area contributed by atoms with E-state index in [0.29, 0.717) is 6.04 Å². The second-order valence-corrected chi connectivity index (χ2v) is 5.94. The Labute approximate surface area is 117 Å². The van der Waals surface area contributed by atoms with Gasteiger partial charge in [-0.3, -0.25) is 10.00 Å². The normalized spacial score (nSPS) is 20.2. The summed E-state index contributed by atoms with van der Waals surface area (Å²) in [6.07, 6.45) is 3.37. The predicted octanol–water partition coefficient (Wildman–Crippen LogP) is 2.47. The lowest BCUT2D eigenvalue weighted by atomic mass is 10.2. The largest absolute Gasteiger partial charge is 0.287 e. The van der Waals surface area contributed by atoms with Crippen LogP contribution in [-0.2, 0) is 13.0 Å². The zero-order valence-corrected chi connectivity index (χ0v) is 12.2. The number of hydrogen-bond acceptors (Lipinski definition) is 5. The number of thiazole rings is 1. The molecule has 1 saturated heterocycles. The van der Waals surface area contributed by atoms with E-state index in [1.54, 1.807) is 11.3 Å². The maximum Gasteiger partial charge on any atom is 0.167 e. The third-order valence-corrected chi connectivity index (χ3v) is 4.59. The number of nitrogens with one attached hydrogen (secondary N) is 1. The van der Waals surface area contributed by atoms with E-state index < -0.39 is 0 Å². The van der Waals surface area contributed by atoms with Gasteiger partial charge in [0.2, 0.25) is 0 Å². The third kappa shape index (κ3) is 2.69. The Balaban J connectivity index is 1.72. The van der Waals surface area contributed by atoms with Gasteiger partial charge in [-0.1, -0.05) is 6.92 Å². The lowest BCUT2D eigenvalue weighted by Crippen LogP contribution is -2.23. The number of aromatic nitrogens is 4. The van der Waals surface area contributed by atoms with E-state index in [1.807, 2.05) is 6.92 Å². The third-order valence-electron chi connectivity index (χ3n) is 3.54. The quantitative estimate of drug-likeness (QED) is 0.932. The zero-order chi connectivity index (χ0) is 13.2. The van der Waals surface area contributed by atoms with Crippen molar-refractivity contribution < 1.29 is 0 Å². The number of hydrogen-bond donors (Lipinski definition) is 1. The average molecular weight is 277 g/mol. The molecule has 1 atom stereocenters. The molecule has 0 aliphatic carbocycles. The van der Waals surface area contributed by atoms with Crippen molar-refractivity contribution >= 4 is 11.3 Å². The highest BCUT2D eigenvalue weighted by atomic mass is 32.1. The van der Waals surface area contributed by atoms with Crippen LogP contribution in [0.3, 0.4) is 0 Å². The molecular weight excluding hydrogens is 258 g/mol. The van der Waals surface area contributed by atoms with Gasteiger partial charge in [0.25, 0.3) is 0 Å². The Kier molecular flexibility index (Phi) is 3.61. The molecule has 1 aliphatic heterocycles. The van der Waals surface area contributed by atoms with Crippen molar-refractivity contribution in [3.05, 3.63) is 27.7 Å². The van der Waals surface area contributed by atoms with Crippen molar-refractivity contribution in [2.75, 3.05) is 6.54 Å². The van der Waals surface area contributed by atoms with Gasteiger partial charge in [-0.15, -0.1) is 11.3 Å². The highest BCUT2D eigenvalue weighted by molar-refractivity contribution is 7.09. The van der Waals surface area contributed by atoms with Crippen molar-refractivity contribution in [3.63, 3.8) is 0 Å². The molecule has 3 rings (SSSR count). The molecule has 1 N–H and O–H groups in total. The van der Waals surface area contributed by atoms with Gasteiger partial charge in [-0.25, -0.2) is 9.97 Å². The Hall–Kier alpha value is -1.27. The summed E-state index contributed by atoms with van der Waals surface area (Å²) in [6, 6.07) is 0.344. The van der Waals surface area contributed by atoms with Gasteiger partial charge in [-0.05, 0) is 32.7 Å². The van der Waals surface area contributed by atoms with Crippen LogP contribution < -0.4 is 0 Å². The summed E-state index contributed by atoms with van der Waals surface area (Å²) in [5, 5.41) is 10.7. The van der Waals surface area contributed by atoms with Crippen LogP contribution in [-0.4, -0.2) is 31.6 Å². The summed E-state index contributed by atoms with van der Waals surface area (Å²) < 4.78 is 0. The summed E-state index contributed by atoms with van der Waals surface area (Å²) >= 11 is 1.76. The van der Waals surface area contributed by atoms with Gasteiger partial charge in [0, 0.05) is 11.9 Å². The molecule has 19 heavy (non-hydrogen) atoms. The molecule has 2 aromatic rings. The fourth-order valence-corrected chi connectivity index (χ4v) is 3.34. The van der Waals surface area contributed by atoms with Gasteiger partial charge in [0.05, 0.1) is 16.7 Å². The minimum absolute atomic E-state index is 0.344. The molecule has 102 valence electrons. The van der Waals surface area contributed by atoms with Crippen LogP contribution in [0.25, 0.3) is 0 Å². The first-order valence-corrected chi connectivity index (χ1v) is 7.70. The summed E-state index contributed by atoms with van der Waals surface area (Å²) in [7, 11) is 0. The van der Waals surface area contributed by atoms with E-state index in [1.165, 1.54) is 17.1 Å². The molecule has 2 aromatic heterocycles. The van der Waals surface area contributed by atoms with Crippen LogP contribution >= 0.6 is 11.3 Å². The van der Waals surface area contributed by atoms with Gasteiger partial charge in [0.1, 0.15) is 5.82 Å². The first-order valence-electron chi connectivity index (χ1n) is 6.82. The number of nitrogens with zero attached hydrogens (tertiary/aromatic N) is 4. The molecule has 5 nitrogen and oxygen atoms in total. The van der Waals surface area contributed by atoms with Crippen LogP contribution in [0, 0.1) is 6.92 Å². The van der Waals surface area contributed by atoms with Crippen LogP contribution in [0.15, 0.2) is 5.38 Å². The summed E-state index contributed by atoms with van der Waals surface area (Å²) in [4.78, 5) is 11.6. The Morgan fingerprint density at radius 1 is 1.47 bits per heavy atom. The van der Waals surface area contributed by atoms with E-state index in [9.17, 15) is 0 Å². The van der Waals surface area contributed by atoms with Crippen molar-refractivity contribution in [3.8, 4) is 0 Å². The Bertz CT molecular complexity index is 547. The molecule has 0 unspecified atom stereocenters. The van der Waals surface area contributed by atoms with Crippen molar-refractivity contribution in [1.29, 1.82) is 0 Å². The van der Waals surface area contributed by atoms with Crippen LogP contribution in [0.5, 0.6) is 0 Å². The molecule has 6 heteroatoms. The lowest BCUT2D eigenvalue weighted by molar-refractivity contribution is 0.237. The molecule has 1 aliphatic rings. The molecule has 0 amide bonds. The number of aromatic amines is 1. The smallest absolute Gasteiger partial charge is 0.167 e. The number of rotatable bonds is 4. The fraction of sp³-hybridized carbons (Fsp3) is 0.615. The van der Waals surface area contributed by atoms with Gasteiger partial charge >= 0.3 is 0 Å². The summed E-state index contributed by atoms with van der Waals surface area (Å²) in [6.45, 7) is 6.12. The minimum atomic E-state index is 0.344. The maximum atomic E-state index is 4.65. The zero-order valence-electron chi connectivity index (χ0n) is 11.4. The second kappa shape index (κ2) is 5.38. The molecule has 0 bridgehead atoms. The van der Waals surface area contributed by atoms with E-state index in [0.717, 1.165) is 37.6 Å². The first-order chi connectivity index (χ1) is 9.26. The highest BCUT2D eigenvalue weighted by Crippen LogP contribution is 2.31. The Morgan fingerprint density at radius 3 is 3.05 bits per heavy atom. The SMILES string of the molecule is CCc1nc(CN2CCC[C@@H]2c2n[nH]c(C)n2)cs1. The van der Waals surface area contributed by atoms with Crippen molar-refractivity contribution in [2.45, 2.75) is 45.7 Å². The van der Waals surface area contributed by atoms with Crippen molar-refractivity contribution in [2.24, 2.45) is 0 Å². The highest BCUT2D eigenvalue weighted by Gasteiger charge is 2.29. The van der Waals surface area contributed by atoms with E-state index in [-0.39, 0.29) is 0 Å². The molecule has 0 aromatic carbocycles. The lowest BCUT2D eigenvalue weighted by Gasteiger charge is -2.20. The molecule has 0 saturated carbocycles. The van der Waals surface area contributed by atoms with Gasteiger partial charge in [-0.2, -0.15) is 5.10 Å². The summed E-state index contributed by atoms with van der Waals surface area (Å²) in [5.41, 5.74) is 1.18. The second-order valence-electron chi connectivity index (χ2n) is 4.99. The molecule has 1 fully saturated rings. The molecular formula is C13H19N5S. The number of likely N-dealkylation sites (tertiary alicyclic amines) is 1.